The maximum Gasteiger partial charge on any atom is 0.266 e. The first-order valence-corrected chi connectivity index (χ1v) is 10.8. The Kier molecular flexibility index (Phi) is 6.71. The van der Waals surface area contributed by atoms with Gasteiger partial charge in [-0.2, -0.15) is 5.26 Å². The zero-order chi connectivity index (χ0) is 22.8. The molecule has 1 amide bonds. The number of rotatable bonds is 5. The van der Waals surface area contributed by atoms with E-state index in [1.807, 2.05) is 6.07 Å². The minimum Gasteiger partial charge on any atom is -0.366 e. The van der Waals surface area contributed by atoms with Gasteiger partial charge in [-0.15, -0.1) is 0 Å². The van der Waals surface area contributed by atoms with Crippen LogP contribution in [0.25, 0.3) is 6.08 Å². The molecule has 1 unspecified atom stereocenters. The van der Waals surface area contributed by atoms with Crippen molar-refractivity contribution < 1.29 is 9.18 Å². The molecule has 2 aromatic rings. The zero-order valence-corrected chi connectivity index (χ0v) is 19.1. The summed E-state index contributed by atoms with van der Waals surface area (Å²) in [5, 5.41) is 12.7. The third-order valence-electron chi connectivity index (χ3n) is 5.72. The Morgan fingerprint density at radius 3 is 2.65 bits per heavy atom. The molecule has 162 valence electrons. The van der Waals surface area contributed by atoms with E-state index in [1.165, 1.54) is 6.08 Å². The first-order chi connectivity index (χ1) is 14.7. The lowest BCUT2D eigenvalue weighted by Gasteiger charge is -2.47. The monoisotopic (exact) mass is 439 g/mol. The van der Waals surface area contributed by atoms with E-state index in [-0.39, 0.29) is 22.6 Å². The van der Waals surface area contributed by atoms with Gasteiger partial charge in [0.2, 0.25) is 0 Å². The van der Waals surface area contributed by atoms with E-state index >= 15 is 4.39 Å². The smallest absolute Gasteiger partial charge is 0.266 e. The van der Waals surface area contributed by atoms with Gasteiger partial charge < -0.3 is 10.2 Å². The van der Waals surface area contributed by atoms with Gasteiger partial charge in [-0.1, -0.05) is 25.4 Å². The largest absolute Gasteiger partial charge is 0.366 e. The second-order valence-corrected chi connectivity index (χ2v) is 9.07. The van der Waals surface area contributed by atoms with Crippen molar-refractivity contribution in [3.63, 3.8) is 0 Å². The number of nitriles is 1. The number of carbonyl (C=O) groups excluding carboxylic acids is 1. The van der Waals surface area contributed by atoms with Crippen molar-refractivity contribution in [2.75, 3.05) is 16.8 Å². The fourth-order valence-corrected chi connectivity index (χ4v) is 4.44. The third kappa shape index (κ3) is 4.91. The minimum atomic E-state index is -0.594. The summed E-state index contributed by atoms with van der Waals surface area (Å²) in [4.78, 5) is 14.8. The SMILES string of the molecule is CCCN1c2cc(F)c(/C=C(\C#N)C(=O)Nc3ccc(Cl)cc3)cc2C(C)CC1(C)C. The highest BCUT2D eigenvalue weighted by Crippen LogP contribution is 2.44. The Bertz CT molecular complexity index is 1050. The summed E-state index contributed by atoms with van der Waals surface area (Å²) in [5.41, 5.74) is 2.45. The van der Waals surface area contributed by atoms with Gasteiger partial charge in [-0.05, 0) is 80.6 Å². The van der Waals surface area contributed by atoms with Crippen LogP contribution >= 0.6 is 11.6 Å². The van der Waals surface area contributed by atoms with Crippen molar-refractivity contribution >= 4 is 35.0 Å². The predicted octanol–water partition coefficient (Wildman–Crippen LogP) is 6.53. The summed E-state index contributed by atoms with van der Waals surface area (Å²) in [6.07, 6.45) is 3.22. The molecule has 0 aliphatic carbocycles. The number of hydrogen-bond acceptors (Lipinski definition) is 3. The highest BCUT2D eigenvalue weighted by atomic mass is 35.5. The molecule has 1 N–H and O–H groups in total. The number of nitrogens with one attached hydrogen (secondary N) is 1. The Balaban J connectivity index is 1.96. The van der Waals surface area contributed by atoms with Crippen molar-refractivity contribution in [1.29, 1.82) is 5.26 Å². The number of halogens is 2. The molecule has 2 aromatic carbocycles. The number of hydrogen-bond donors (Lipinski definition) is 1. The van der Waals surface area contributed by atoms with Crippen molar-refractivity contribution in [1.82, 2.24) is 0 Å². The molecule has 0 saturated carbocycles. The molecule has 1 atom stereocenters. The van der Waals surface area contributed by atoms with Crippen LogP contribution in [-0.4, -0.2) is 18.0 Å². The van der Waals surface area contributed by atoms with Crippen LogP contribution in [0, 0.1) is 17.1 Å². The summed E-state index contributed by atoms with van der Waals surface area (Å²) >= 11 is 5.86. The van der Waals surface area contributed by atoms with Gasteiger partial charge in [0.15, 0.2) is 0 Å². The predicted molar refractivity (Wildman–Crippen MR) is 125 cm³/mol. The van der Waals surface area contributed by atoms with Crippen LogP contribution in [-0.2, 0) is 4.79 Å². The number of benzene rings is 2. The van der Waals surface area contributed by atoms with Crippen LogP contribution in [0.4, 0.5) is 15.8 Å². The molecule has 1 heterocycles. The molecule has 4 nitrogen and oxygen atoms in total. The second-order valence-electron chi connectivity index (χ2n) is 8.63. The van der Waals surface area contributed by atoms with Gasteiger partial charge in [-0.3, -0.25) is 4.79 Å². The number of carbonyl (C=O) groups is 1. The van der Waals surface area contributed by atoms with E-state index in [0.717, 1.165) is 30.6 Å². The summed E-state index contributed by atoms with van der Waals surface area (Å²) in [6.45, 7) is 9.45. The first kappa shape index (κ1) is 22.8. The number of nitrogens with zero attached hydrogens (tertiary/aromatic N) is 2. The van der Waals surface area contributed by atoms with Gasteiger partial charge in [0.25, 0.3) is 5.91 Å². The molecule has 0 saturated heterocycles. The summed E-state index contributed by atoms with van der Waals surface area (Å²) in [5.74, 6) is -0.806. The van der Waals surface area contributed by atoms with Crippen molar-refractivity contribution in [3.8, 4) is 6.07 Å². The highest BCUT2D eigenvalue weighted by molar-refractivity contribution is 6.30. The molecule has 6 heteroatoms. The summed E-state index contributed by atoms with van der Waals surface area (Å²) < 4.78 is 15.1. The highest BCUT2D eigenvalue weighted by Gasteiger charge is 2.36. The van der Waals surface area contributed by atoms with Crippen LogP contribution in [0.5, 0.6) is 0 Å². The van der Waals surface area contributed by atoms with Crippen LogP contribution in [0.2, 0.25) is 5.02 Å². The van der Waals surface area contributed by atoms with E-state index in [9.17, 15) is 10.1 Å². The molecular formula is C25H27ClFN3O. The maximum atomic E-state index is 15.1. The molecule has 0 fully saturated rings. The van der Waals surface area contributed by atoms with Gasteiger partial charge in [0.1, 0.15) is 17.5 Å². The fourth-order valence-electron chi connectivity index (χ4n) is 4.31. The lowest BCUT2D eigenvalue weighted by atomic mass is 9.79. The molecule has 0 radical (unpaired) electrons. The summed E-state index contributed by atoms with van der Waals surface area (Å²) in [6, 6.07) is 11.8. The molecule has 1 aliphatic rings. The van der Waals surface area contributed by atoms with Gasteiger partial charge >= 0.3 is 0 Å². The fraction of sp³-hybridized carbons (Fsp3) is 0.360. The lowest BCUT2D eigenvalue weighted by molar-refractivity contribution is -0.112. The van der Waals surface area contributed by atoms with Crippen LogP contribution in [0.3, 0.4) is 0 Å². The Morgan fingerprint density at radius 1 is 1.35 bits per heavy atom. The summed E-state index contributed by atoms with van der Waals surface area (Å²) in [7, 11) is 0. The molecule has 1 aliphatic heterocycles. The minimum absolute atomic E-state index is 0.0670. The average molecular weight is 440 g/mol. The van der Waals surface area contributed by atoms with Gasteiger partial charge in [-0.25, -0.2) is 4.39 Å². The normalized spacial score (nSPS) is 17.6. The van der Waals surface area contributed by atoms with Gasteiger partial charge in [0.05, 0.1) is 0 Å². The Morgan fingerprint density at radius 2 is 2.03 bits per heavy atom. The zero-order valence-electron chi connectivity index (χ0n) is 18.3. The van der Waals surface area contributed by atoms with Crippen LogP contribution in [0.1, 0.15) is 57.6 Å². The van der Waals surface area contributed by atoms with Crippen LogP contribution < -0.4 is 10.2 Å². The van der Waals surface area contributed by atoms with Crippen molar-refractivity contribution in [3.05, 3.63) is 63.9 Å². The van der Waals surface area contributed by atoms with Crippen molar-refractivity contribution in [2.24, 2.45) is 0 Å². The van der Waals surface area contributed by atoms with E-state index in [4.69, 9.17) is 11.6 Å². The molecule has 0 aromatic heterocycles. The van der Waals surface area contributed by atoms with E-state index in [1.54, 1.807) is 36.4 Å². The standard InChI is InChI=1S/C25H27ClFN3O/c1-5-10-30-23-13-22(27)17(12-21(23)16(2)14-25(30,3)4)11-18(15-28)24(31)29-20-8-6-19(26)7-9-20/h6-9,11-13,16H,5,10,14H2,1-4H3,(H,29,31)/b18-11+. The maximum absolute atomic E-state index is 15.1. The first-order valence-electron chi connectivity index (χ1n) is 10.5. The molecule has 3 rings (SSSR count). The topological polar surface area (TPSA) is 56.1 Å². The van der Waals surface area contributed by atoms with E-state index < -0.39 is 11.7 Å². The molecule has 31 heavy (non-hydrogen) atoms. The second kappa shape index (κ2) is 9.11. The third-order valence-corrected chi connectivity index (χ3v) is 5.97. The van der Waals surface area contributed by atoms with Crippen LogP contribution in [0.15, 0.2) is 42.0 Å². The Hall–Kier alpha value is -2.84. The molecule has 0 bridgehead atoms. The van der Waals surface area contributed by atoms with E-state index in [0.29, 0.717) is 10.7 Å². The number of anilines is 2. The number of amides is 1. The van der Waals surface area contributed by atoms with Crippen molar-refractivity contribution in [2.45, 2.75) is 52.0 Å². The molecular weight excluding hydrogens is 413 g/mol. The van der Waals surface area contributed by atoms with Gasteiger partial charge in [0, 0.05) is 34.0 Å². The molecule has 0 spiro atoms. The lowest BCUT2D eigenvalue weighted by Crippen LogP contribution is -2.48. The average Bonchev–Trinajstić information content (AvgIpc) is 2.71. The van der Waals surface area contributed by atoms with E-state index in [2.05, 4.69) is 37.9 Å². The Labute approximate surface area is 188 Å². The quantitative estimate of drug-likeness (QED) is 0.425. The number of fused-ring (bicyclic) bond motifs is 1.